The van der Waals surface area contributed by atoms with Crippen LogP contribution in [0.5, 0.6) is 0 Å². The fraction of sp³-hybridized carbons (Fsp3) is 0.400. The van der Waals surface area contributed by atoms with Gasteiger partial charge < -0.3 is 0 Å². The molecule has 3 rings (SSSR count). The molecule has 0 aliphatic heterocycles. The highest BCUT2D eigenvalue weighted by atomic mass is 15.3. The van der Waals surface area contributed by atoms with Gasteiger partial charge in [0.05, 0.1) is 17.6 Å². The molecule has 1 saturated carbocycles. The van der Waals surface area contributed by atoms with Crippen LogP contribution < -0.4 is 0 Å². The van der Waals surface area contributed by atoms with Gasteiger partial charge in [0.2, 0.25) is 0 Å². The Kier molecular flexibility index (Phi) is 2.50. The first-order chi connectivity index (χ1) is 8.27. The van der Waals surface area contributed by atoms with Crippen molar-refractivity contribution in [2.45, 2.75) is 38.5 Å². The average molecular weight is 226 g/mol. The van der Waals surface area contributed by atoms with Crippen LogP contribution in [0.2, 0.25) is 0 Å². The quantitative estimate of drug-likeness (QED) is 0.776. The molecule has 88 valence electrons. The summed E-state index contributed by atoms with van der Waals surface area (Å²) in [6.45, 7) is 4.50. The molecule has 1 fully saturated rings. The van der Waals surface area contributed by atoms with Crippen molar-refractivity contribution in [1.82, 2.24) is 9.78 Å². The summed E-state index contributed by atoms with van der Waals surface area (Å²) in [4.78, 5) is 0. The fourth-order valence-electron chi connectivity index (χ4n) is 2.36. The lowest BCUT2D eigenvalue weighted by Crippen LogP contribution is -2.03. The van der Waals surface area contributed by atoms with Crippen molar-refractivity contribution >= 4 is 0 Å². The van der Waals surface area contributed by atoms with Crippen LogP contribution in [0.15, 0.2) is 36.5 Å². The molecular weight excluding hydrogens is 208 g/mol. The van der Waals surface area contributed by atoms with E-state index in [0.717, 1.165) is 5.92 Å². The van der Waals surface area contributed by atoms with Crippen molar-refractivity contribution < 1.29 is 0 Å². The van der Waals surface area contributed by atoms with Crippen LogP contribution in [-0.2, 0) is 0 Å². The van der Waals surface area contributed by atoms with Crippen molar-refractivity contribution in [2.24, 2.45) is 0 Å². The molecule has 0 atom stereocenters. The molecule has 2 heteroatoms. The number of hydrogen-bond acceptors (Lipinski definition) is 1. The lowest BCUT2D eigenvalue weighted by molar-refractivity contribution is 0.783. The third kappa shape index (κ3) is 1.88. The number of rotatable bonds is 3. The van der Waals surface area contributed by atoms with Crippen LogP contribution in [0.25, 0.3) is 5.69 Å². The number of benzene rings is 1. The van der Waals surface area contributed by atoms with Crippen LogP contribution in [0, 0.1) is 0 Å². The van der Waals surface area contributed by atoms with E-state index in [4.69, 9.17) is 0 Å². The van der Waals surface area contributed by atoms with E-state index in [0.29, 0.717) is 5.92 Å². The molecule has 2 aromatic rings. The molecule has 0 radical (unpaired) electrons. The second-order valence-corrected chi connectivity index (χ2v) is 5.16. The predicted molar refractivity (Wildman–Crippen MR) is 69.6 cm³/mol. The molecule has 0 spiro atoms. The molecule has 17 heavy (non-hydrogen) atoms. The molecule has 0 N–H and O–H groups in total. The Morgan fingerprint density at radius 1 is 1.18 bits per heavy atom. The summed E-state index contributed by atoms with van der Waals surface area (Å²) in [6, 6.07) is 10.4. The third-order valence-corrected chi connectivity index (χ3v) is 3.42. The van der Waals surface area contributed by atoms with Crippen molar-refractivity contribution in [3.8, 4) is 5.69 Å². The van der Waals surface area contributed by atoms with Crippen molar-refractivity contribution in [2.75, 3.05) is 0 Å². The van der Waals surface area contributed by atoms with Crippen LogP contribution in [0.3, 0.4) is 0 Å². The summed E-state index contributed by atoms with van der Waals surface area (Å²) in [6.07, 6.45) is 4.68. The summed E-state index contributed by atoms with van der Waals surface area (Å²) in [5, 5.41) is 4.59. The maximum atomic E-state index is 4.59. The maximum Gasteiger partial charge on any atom is 0.0649 e. The summed E-state index contributed by atoms with van der Waals surface area (Å²) in [5.74, 6) is 1.29. The smallest absolute Gasteiger partial charge is 0.0649 e. The first-order valence-corrected chi connectivity index (χ1v) is 6.40. The van der Waals surface area contributed by atoms with Gasteiger partial charge in [-0.3, -0.25) is 0 Å². The Morgan fingerprint density at radius 3 is 2.47 bits per heavy atom. The van der Waals surface area contributed by atoms with Gasteiger partial charge >= 0.3 is 0 Å². The summed E-state index contributed by atoms with van der Waals surface area (Å²) in [5.41, 5.74) is 4.03. The van der Waals surface area contributed by atoms with Gasteiger partial charge in [0.15, 0.2) is 0 Å². The zero-order valence-electron chi connectivity index (χ0n) is 10.4. The van der Waals surface area contributed by atoms with E-state index in [2.05, 4.69) is 47.9 Å². The van der Waals surface area contributed by atoms with Gasteiger partial charge in [-0.2, -0.15) is 5.10 Å². The second-order valence-electron chi connectivity index (χ2n) is 5.16. The van der Waals surface area contributed by atoms with Crippen molar-refractivity contribution in [3.63, 3.8) is 0 Å². The molecule has 0 saturated heterocycles. The second kappa shape index (κ2) is 4.02. The van der Waals surface area contributed by atoms with Gasteiger partial charge in [0.1, 0.15) is 0 Å². The van der Waals surface area contributed by atoms with E-state index in [1.165, 1.54) is 29.8 Å². The van der Waals surface area contributed by atoms with E-state index in [1.807, 2.05) is 12.3 Å². The Bertz CT molecular complexity index is 507. The SMILES string of the molecule is CC(C)c1cnn(-c2ccccc2)c1C1CC1. The molecule has 1 aliphatic carbocycles. The lowest BCUT2D eigenvalue weighted by atomic mass is 10.0. The molecule has 2 nitrogen and oxygen atoms in total. The average Bonchev–Trinajstić information content (AvgIpc) is 3.08. The van der Waals surface area contributed by atoms with Crippen molar-refractivity contribution in [3.05, 3.63) is 47.8 Å². The van der Waals surface area contributed by atoms with Crippen LogP contribution in [-0.4, -0.2) is 9.78 Å². The summed E-state index contributed by atoms with van der Waals surface area (Å²) in [7, 11) is 0. The number of nitrogens with zero attached hydrogens (tertiary/aromatic N) is 2. The Hall–Kier alpha value is -1.57. The largest absolute Gasteiger partial charge is 0.237 e. The van der Waals surface area contributed by atoms with Gasteiger partial charge in [-0.05, 0) is 36.5 Å². The molecule has 0 bridgehead atoms. The maximum absolute atomic E-state index is 4.59. The van der Waals surface area contributed by atoms with E-state index in [1.54, 1.807) is 0 Å². The molecule has 0 amide bonds. The highest BCUT2D eigenvalue weighted by Crippen LogP contribution is 2.43. The zero-order chi connectivity index (χ0) is 11.8. The normalized spacial score (nSPS) is 15.5. The first kappa shape index (κ1) is 10.6. The Labute approximate surface area is 102 Å². The van der Waals surface area contributed by atoms with E-state index in [9.17, 15) is 0 Å². The van der Waals surface area contributed by atoms with Crippen LogP contribution in [0.1, 0.15) is 49.8 Å². The highest BCUT2D eigenvalue weighted by Gasteiger charge is 2.31. The van der Waals surface area contributed by atoms with Crippen LogP contribution in [0.4, 0.5) is 0 Å². The molecule has 1 aliphatic rings. The first-order valence-electron chi connectivity index (χ1n) is 6.40. The van der Waals surface area contributed by atoms with E-state index >= 15 is 0 Å². The third-order valence-electron chi connectivity index (χ3n) is 3.42. The predicted octanol–water partition coefficient (Wildman–Crippen LogP) is 3.87. The standard InChI is InChI=1S/C15H18N2/c1-11(2)14-10-16-17(15(14)12-8-9-12)13-6-4-3-5-7-13/h3-7,10-12H,8-9H2,1-2H3. The molecule has 1 aromatic carbocycles. The molecule has 1 heterocycles. The molecule has 1 aromatic heterocycles. The van der Waals surface area contributed by atoms with E-state index in [-0.39, 0.29) is 0 Å². The highest BCUT2D eigenvalue weighted by molar-refractivity contribution is 5.38. The molecular formula is C15H18N2. The Morgan fingerprint density at radius 2 is 1.88 bits per heavy atom. The van der Waals surface area contributed by atoms with Crippen molar-refractivity contribution in [1.29, 1.82) is 0 Å². The number of hydrogen-bond donors (Lipinski definition) is 0. The number of para-hydroxylation sites is 1. The van der Waals surface area contributed by atoms with Gasteiger partial charge in [-0.1, -0.05) is 32.0 Å². The lowest BCUT2D eigenvalue weighted by Gasteiger charge is -2.10. The Balaban J connectivity index is 2.11. The fourth-order valence-corrected chi connectivity index (χ4v) is 2.36. The summed E-state index contributed by atoms with van der Waals surface area (Å²) >= 11 is 0. The minimum absolute atomic E-state index is 0.558. The van der Waals surface area contributed by atoms with Gasteiger partial charge in [-0.25, -0.2) is 4.68 Å². The minimum atomic E-state index is 0.558. The monoisotopic (exact) mass is 226 g/mol. The topological polar surface area (TPSA) is 17.8 Å². The van der Waals surface area contributed by atoms with Gasteiger partial charge in [0, 0.05) is 5.92 Å². The van der Waals surface area contributed by atoms with E-state index < -0.39 is 0 Å². The zero-order valence-corrected chi connectivity index (χ0v) is 10.4. The number of aromatic nitrogens is 2. The van der Waals surface area contributed by atoms with Crippen LogP contribution >= 0.6 is 0 Å². The van der Waals surface area contributed by atoms with Gasteiger partial charge in [0.25, 0.3) is 0 Å². The minimum Gasteiger partial charge on any atom is -0.237 e. The summed E-state index contributed by atoms with van der Waals surface area (Å²) < 4.78 is 2.13. The van der Waals surface area contributed by atoms with Gasteiger partial charge in [-0.15, -0.1) is 0 Å². The molecule has 0 unspecified atom stereocenters.